The van der Waals surface area contributed by atoms with E-state index in [4.69, 9.17) is 5.73 Å². The summed E-state index contributed by atoms with van der Waals surface area (Å²) in [5.74, 6) is -0.620. The highest BCUT2D eigenvalue weighted by Gasteiger charge is 2.25. The van der Waals surface area contributed by atoms with Crippen molar-refractivity contribution >= 4 is 22.7 Å². The molecule has 0 saturated heterocycles. The molecule has 0 bridgehead atoms. The zero-order valence-electron chi connectivity index (χ0n) is 13.4. The maximum atomic E-state index is 12.5. The largest absolute Gasteiger partial charge is 0.364 e. The zero-order chi connectivity index (χ0) is 17.4. The van der Waals surface area contributed by atoms with Crippen LogP contribution >= 0.6 is 0 Å². The smallest absolute Gasteiger partial charge is 0.269 e. The van der Waals surface area contributed by atoms with E-state index in [2.05, 4.69) is 15.2 Å². The van der Waals surface area contributed by atoms with Gasteiger partial charge in [-0.3, -0.25) is 19.7 Å². The van der Waals surface area contributed by atoms with Crippen molar-refractivity contribution in [1.82, 2.24) is 20.1 Å². The fraction of sp³-hybridized carbons (Fsp3) is 0.167. The number of amides is 2. The number of pyridine rings is 1. The fourth-order valence-electron chi connectivity index (χ4n) is 3.21. The molecule has 0 aliphatic carbocycles. The molecule has 1 aromatic carbocycles. The van der Waals surface area contributed by atoms with Crippen LogP contribution in [0.1, 0.15) is 27.2 Å². The summed E-state index contributed by atoms with van der Waals surface area (Å²) in [6.07, 6.45) is 5.59. The van der Waals surface area contributed by atoms with Gasteiger partial charge in [-0.1, -0.05) is 6.07 Å². The van der Waals surface area contributed by atoms with Crippen molar-refractivity contribution in [2.24, 2.45) is 5.73 Å². The molecule has 1 radical (unpaired) electrons. The number of nitrogens with one attached hydrogen (secondary N) is 1. The summed E-state index contributed by atoms with van der Waals surface area (Å²) < 4.78 is 0. The van der Waals surface area contributed by atoms with E-state index in [1.165, 1.54) is 0 Å². The molecule has 4 rings (SSSR count). The Labute approximate surface area is 143 Å². The molecule has 1 aliphatic rings. The number of nitrogens with two attached hydrogens (primary N) is 1. The maximum absolute atomic E-state index is 12.5. The van der Waals surface area contributed by atoms with Gasteiger partial charge < -0.3 is 10.6 Å². The second kappa shape index (κ2) is 6.01. The summed E-state index contributed by atoms with van der Waals surface area (Å²) in [6.45, 7) is 0.863. The average Bonchev–Trinajstić information content (AvgIpc) is 2.99. The van der Waals surface area contributed by atoms with Crippen LogP contribution in [-0.2, 0) is 24.3 Å². The Hall–Kier alpha value is -3.22. The van der Waals surface area contributed by atoms with Gasteiger partial charge >= 0.3 is 0 Å². The molecular formula is C18H16N5O2. The van der Waals surface area contributed by atoms with Crippen LogP contribution < -0.4 is 5.73 Å². The van der Waals surface area contributed by atoms with Gasteiger partial charge in [0.1, 0.15) is 0 Å². The van der Waals surface area contributed by atoms with Crippen LogP contribution in [0.25, 0.3) is 10.9 Å². The highest BCUT2D eigenvalue weighted by molar-refractivity contribution is 6.05. The molecule has 1 aliphatic heterocycles. The highest BCUT2D eigenvalue weighted by Crippen LogP contribution is 2.29. The van der Waals surface area contributed by atoms with Gasteiger partial charge in [-0.2, -0.15) is 5.10 Å². The van der Waals surface area contributed by atoms with Crippen molar-refractivity contribution in [3.63, 3.8) is 0 Å². The summed E-state index contributed by atoms with van der Waals surface area (Å²) >= 11 is 0. The Morgan fingerprint density at radius 2 is 2.04 bits per heavy atom. The van der Waals surface area contributed by atoms with E-state index in [0.717, 1.165) is 22.2 Å². The number of benzene rings is 1. The number of hydrogen-bond donors (Lipinski definition) is 2. The number of aromatic nitrogens is 3. The summed E-state index contributed by atoms with van der Waals surface area (Å²) in [4.78, 5) is 30.0. The van der Waals surface area contributed by atoms with E-state index in [0.29, 0.717) is 24.9 Å². The first-order chi connectivity index (χ1) is 12.1. The maximum Gasteiger partial charge on any atom is 0.269 e. The zero-order valence-corrected chi connectivity index (χ0v) is 13.4. The highest BCUT2D eigenvalue weighted by atomic mass is 16.2. The van der Waals surface area contributed by atoms with Crippen molar-refractivity contribution in [1.29, 1.82) is 0 Å². The molecule has 0 unspecified atom stereocenters. The molecular weight excluding hydrogens is 318 g/mol. The molecule has 7 heteroatoms. The van der Waals surface area contributed by atoms with Gasteiger partial charge in [0.2, 0.25) is 5.91 Å². The van der Waals surface area contributed by atoms with Gasteiger partial charge in [0.25, 0.3) is 5.91 Å². The second-order valence-electron chi connectivity index (χ2n) is 6.02. The van der Waals surface area contributed by atoms with Crippen molar-refractivity contribution in [2.45, 2.75) is 19.5 Å². The molecule has 125 valence electrons. The molecule has 25 heavy (non-hydrogen) atoms. The number of carbonyl (C=O) groups is 2. The molecule has 0 fully saturated rings. The molecule has 3 aromatic rings. The first kappa shape index (κ1) is 15.3. The van der Waals surface area contributed by atoms with E-state index in [1.807, 2.05) is 24.3 Å². The minimum atomic E-state index is -0.583. The number of fused-ring (bicyclic) bond motifs is 3. The third kappa shape index (κ3) is 2.73. The first-order valence-electron chi connectivity index (χ1n) is 7.93. The lowest BCUT2D eigenvalue weighted by Crippen LogP contribution is -2.29. The van der Waals surface area contributed by atoms with Gasteiger partial charge in [-0.25, -0.2) is 0 Å². The minimum absolute atomic E-state index is 0.0368. The Morgan fingerprint density at radius 3 is 2.80 bits per heavy atom. The van der Waals surface area contributed by atoms with Crippen LogP contribution in [0.2, 0.25) is 0 Å². The van der Waals surface area contributed by atoms with Crippen LogP contribution in [0.4, 0.5) is 0 Å². The van der Waals surface area contributed by atoms with Gasteiger partial charge in [0, 0.05) is 30.9 Å². The van der Waals surface area contributed by atoms with E-state index in [1.54, 1.807) is 23.7 Å². The monoisotopic (exact) mass is 334 g/mol. The van der Waals surface area contributed by atoms with Crippen molar-refractivity contribution < 1.29 is 9.59 Å². The summed E-state index contributed by atoms with van der Waals surface area (Å²) in [7, 11) is 0. The number of nitrogens with zero attached hydrogens (tertiary/aromatic N) is 3. The van der Waals surface area contributed by atoms with Crippen LogP contribution in [0.3, 0.4) is 0 Å². The van der Waals surface area contributed by atoms with E-state index >= 15 is 0 Å². The molecule has 2 amide bonds. The number of rotatable bonds is 3. The Morgan fingerprint density at radius 1 is 1.24 bits per heavy atom. The lowest BCUT2D eigenvalue weighted by Gasteiger charge is -2.21. The molecule has 3 heterocycles. The van der Waals surface area contributed by atoms with Crippen LogP contribution in [-0.4, -0.2) is 31.9 Å². The molecule has 0 spiro atoms. The summed E-state index contributed by atoms with van der Waals surface area (Å²) in [5, 5.41) is 7.58. The molecule has 0 atom stereocenters. The van der Waals surface area contributed by atoms with E-state index in [9.17, 15) is 9.59 Å². The Bertz CT molecular complexity index is 964. The normalized spacial score (nSPS) is 14.4. The number of H-pyrrole nitrogens is 1. The number of aromatic amines is 1. The molecule has 7 nitrogen and oxygen atoms in total. The van der Waals surface area contributed by atoms with Crippen molar-refractivity contribution in [3.05, 3.63) is 65.5 Å². The first-order valence-corrected chi connectivity index (χ1v) is 7.93. The Kier molecular flexibility index (Phi) is 3.68. The van der Waals surface area contributed by atoms with Gasteiger partial charge in [-0.15, -0.1) is 0 Å². The van der Waals surface area contributed by atoms with E-state index in [-0.39, 0.29) is 11.6 Å². The van der Waals surface area contributed by atoms with Crippen molar-refractivity contribution in [3.8, 4) is 0 Å². The summed E-state index contributed by atoms with van der Waals surface area (Å²) in [6, 6.07) is 7.59. The van der Waals surface area contributed by atoms with Crippen LogP contribution in [0.5, 0.6) is 0 Å². The number of hydrogen-bond acceptors (Lipinski definition) is 4. The predicted molar refractivity (Wildman–Crippen MR) is 91.1 cm³/mol. The quantitative estimate of drug-likeness (QED) is 0.754. The third-order valence-electron chi connectivity index (χ3n) is 4.45. The van der Waals surface area contributed by atoms with E-state index < -0.39 is 5.91 Å². The van der Waals surface area contributed by atoms with Gasteiger partial charge in [0.05, 0.1) is 11.9 Å². The van der Waals surface area contributed by atoms with Gasteiger partial charge in [0.15, 0.2) is 5.69 Å². The predicted octanol–water partition coefficient (Wildman–Crippen LogP) is 1.35. The van der Waals surface area contributed by atoms with Crippen LogP contribution in [0.15, 0.2) is 36.7 Å². The Balaban J connectivity index is 1.78. The molecule has 2 aromatic heterocycles. The van der Waals surface area contributed by atoms with Crippen LogP contribution in [0, 0.1) is 6.42 Å². The third-order valence-corrected chi connectivity index (χ3v) is 4.45. The minimum Gasteiger partial charge on any atom is -0.364 e. The second-order valence-corrected chi connectivity index (χ2v) is 6.02. The average molecular weight is 334 g/mol. The number of carbonyl (C=O) groups excluding carboxylic acids is 2. The van der Waals surface area contributed by atoms with Gasteiger partial charge in [-0.05, 0) is 41.3 Å². The summed E-state index contributed by atoms with van der Waals surface area (Å²) in [5.41, 5.74) is 9.33. The molecule has 0 saturated carbocycles. The SMILES string of the molecule is NC(=O)c1n[nH]c2ccc3c(c12)CN(Cc1ccncc1)C(=O)[CH]C3. The lowest BCUT2D eigenvalue weighted by molar-refractivity contribution is -0.128. The molecule has 3 N–H and O–H groups in total. The number of primary amides is 1. The topological polar surface area (TPSA) is 105 Å². The van der Waals surface area contributed by atoms with Crippen molar-refractivity contribution in [2.75, 3.05) is 0 Å². The fourth-order valence-corrected chi connectivity index (χ4v) is 3.21. The lowest BCUT2D eigenvalue weighted by atomic mass is 9.98. The standard InChI is InChI=1S/C18H16N5O2/c19-18(25)17-16-13-10-23(9-11-5-7-20-8-6-11)15(24)4-2-12(13)1-3-14(16)21-22-17/h1,3-8H,2,9-10H2,(H2,19,25)(H,21,22).